The van der Waals surface area contributed by atoms with E-state index in [1.54, 1.807) is 10.8 Å². The lowest BCUT2D eigenvalue weighted by Crippen LogP contribution is -2.31. The average molecular weight is 299 g/mol. The van der Waals surface area contributed by atoms with Crippen molar-refractivity contribution in [2.24, 2.45) is 0 Å². The van der Waals surface area contributed by atoms with Crippen LogP contribution in [-0.4, -0.2) is 39.7 Å². The zero-order chi connectivity index (χ0) is 14.6. The molecular formula is C12H17N3O4S. The van der Waals surface area contributed by atoms with Gasteiger partial charge in [0.1, 0.15) is 10.7 Å². The van der Waals surface area contributed by atoms with E-state index in [-0.39, 0.29) is 4.90 Å². The summed E-state index contributed by atoms with van der Waals surface area (Å²) >= 11 is 0. The number of aromatic nitrogens is 1. The molecule has 1 aromatic rings. The zero-order valence-corrected chi connectivity index (χ0v) is 12.0. The first-order chi connectivity index (χ1) is 9.53. The zero-order valence-electron chi connectivity index (χ0n) is 11.2. The van der Waals surface area contributed by atoms with Crippen LogP contribution in [0, 0.1) is 0 Å². The number of ether oxygens (including phenoxy) is 1. The number of nitrogens with zero attached hydrogens (tertiary/aromatic N) is 2. The van der Waals surface area contributed by atoms with Gasteiger partial charge in [0.05, 0.1) is 7.11 Å². The molecule has 0 saturated carbocycles. The molecule has 1 aliphatic heterocycles. The first kappa shape index (κ1) is 14.6. The summed E-state index contributed by atoms with van der Waals surface area (Å²) in [6.45, 7) is 1.86. The standard InChI is InChI=1S/C12H17N3O4S/c1-19-12(16)14-20(17,18)10-5-6-11(13-9-10)15-7-3-2-4-8-15/h5-6,9H,2-4,7-8H2,1H3,(H,14,16). The molecule has 1 aromatic heterocycles. The number of carbonyl (C=O) groups excluding carboxylic acids is 1. The van der Waals surface area contributed by atoms with Gasteiger partial charge in [-0.25, -0.2) is 22.9 Å². The second-order valence-corrected chi connectivity index (χ2v) is 6.18. The van der Waals surface area contributed by atoms with Gasteiger partial charge >= 0.3 is 6.09 Å². The first-order valence-electron chi connectivity index (χ1n) is 6.35. The predicted molar refractivity (Wildman–Crippen MR) is 73.0 cm³/mol. The molecule has 1 saturated heterocycles. The van der Waals surface area contributed by atoms with Crippen molar-refractivity contribution >= 4 is 21.9 Å². The van der Waals surface area contributed by atoms with E-state index in [4.69, 9.17) is 0 Å². The monoisotopic (exact) mass is 299 g/mol. The highest BCUT2D eigenvalue weighted by Crippen LogP contribution is 2.18. The van der Waals surface area contributed by atoms with Gasteiger partial charge in [-0.15, -0.1) is 0 Å². The Morgan fingerprint density at radius 1 is 1.30 bits per heavy atom. The van der Waals surface area contributed by atoms with E-state index in [0.29, 0.717) is 0 Å². The van der Waals surface area contributed by atoms with Crippen molar-refractivity contribution in [2.45, 2.75) is 24.2 Å². The smallest absolute Gasteiger partial charge is 0.420 e. The van der Waals surface area contributed by atoms with Gasteiger partial charge in [0.25, 0.3) is 10.0 Å². The summed E-state index contributed by atoms with van der Waals surface area (Å²) in [6.07, 6.45) is 3.67. The summed E-state index contributed by atoms with van der Waals surface area (Å²) < 4.78 is 29.7. The molecule has 0 atom stereocenters. The Morgan fingerprint density at radius 3 is 2.55 bits per heavy atom. The second-order valence-electron chi connectivity index (χ2n) is 4.50. The van der Waals surface area contributed by atoms with Crippen LogP contribution in [0.4, 0.5) is 10.6 Å². The van der Waals surface area contributed by atoms with E-state index < -0.39 is 16.1 Å². The average Bonchev–Trinajstić information content (AvgIpc) is 2.48. The van der Waals surface area contributed by atoms with E-state index in [9.17, 15) is 13.2 Å². The number of nitrogens with one attached hydrogen (secondary N) is 1. The third-order valence-electron chi connectivity index (χ3n) is 3.11. The normalized spacial score (nSPS) is 15.8. The summed E-state index contributed by atoms with van der Waals surface area (Å²) in [7, 11) is -2.82. The number of anilines is 1. The lowest BCUT2D eigenvalue weighted by Gasteiger charge is -2.27. The van der Waals surface area contributed by atoms with E-state index in [2.05, 4.69) is 14.6 Å². The molecule has 0 radical (unpaired) electrons. The van der Waals surface area contributed by atoms with Crippen LogP contribution in [0.25, 0.3) is 0 Å². The molecule has 8 heteroatoms. The van der Waals surface area contributed by atoms with Crippen molar-refractivity contribution in [3.8, 4) is 0 Å². The van der Waals surface area contributed by atoms with Crippen LogP contribution in [0.2, 0.25) is 0 Å². The van der Waals surface area contributed by atoms with E-state index >= 15 is 0 Å². The van der Waals surface area contributed by atoms with Crippen LogP contribution >= 0.6 is 0 Å². The first-order valence-corrected chi connectivity index (χ1v) is 7.83. The molecule has 0 aliphatic carbocycles. The Kier molecular flexibility index (Phi) is 4.43. The number of piperidine rings is 1. The molecule has 1 aliphatic rings. The topological polar surface area (TPSA) is 88.6 Å². The number of sulfonamides is 1. The fourth-order valence-corrected chi connectivity index (χ4v) is 2.91. The van der Waals surface area contributed by atoms with Crippen molar-refractivity contribution < 1.29 is 17.9 Å². The maximum Gasteiger partial charge on any atom is 0.420 e. The van der Waals surface area contributed by atoms with Crippen LogP contribution in [0.3, 0.4) is 0 Å². The molecule has 2 heterocycles. The minimum atomic E-state index is -3.92. The highest BCUT2D eigenvalue weighted by molar-refractivity contribution is 7.90. The molecule has 0 spiro atoms. The molecular weight excluding hydrogens is 282 g/mol. The molecule has 1 N–H and O–H groups in total. The van der Waals surface area contributed by atoms with Gasteiger partial charge in [0, 0.05) is 19.3 Å². The third-order valence-corrected chi connectivity index (χ3v) is 4.41. The Hall–Kier alpha value is -1.83. The molecule has 2 rings (SSSR count). The molecule has 1 amide bonds. The minimum absolute atomic E-state index is 0.0661. The van der Waals surface area contributed by atoms with Gasteiger partial charge in [0.2, 0.25) is 0 Å². The summed E-state index contributed by atoms with van der Waals surface area (Å²) in [5, 5.41) is 0. The fourth-order valence-electron chi connectivity index (χ4n) is 2.05. The van der Waals surface area contributed by atoms with Crippen LogP contribution in [0.5, 0.6) is 0 Å². The molecule has 110 valence electrons. The Bertz CT molecular complexity index is 565. The number of hydrogen-bond donors (Lipinski definition) is 1. The second kappa shape index (κ2) is 6.08. The molecule has 0 bridgehead atoms. The summed E-state index contributed by atoms with van der Waals surface area (Å²) in [5.41, 5.74) is 0. The highest BCUT2D eigenvalue weighted by atomic mass is 32.2. The van der Waals surface area contributed by atoms with E-state index in [1.165, 1.54) is 18.7 Å². The highest BCUT2D eigenvalue weighted by Gasteiger charge is 2.19. The van der Waals surface area contributed by atoms with Crippen LogP contribution in [-0.2, 0) is 14.8 Å². The quantitative estimate of drug-likeness (QED) is 0.899. The minimum Gasteiger partial charge on any atom is -0.452 e. The van der Waals surface area contributed by atoms with Gasteiger partial charge in [0.15, 0.2) is 0 Å². The summed E-state index contributed by atoms with van der Waals surface area (Å²) in [6, 6.07) is 3.08. The van der Waals surface area contributed by atoms with Gasteiger partial charge in [-0.2, -0.15) is 0 Å². The SMILES string of the molecule is COC(=O)NS(=O)(=O)c1ccc(N2CCCCC2)nc1. The van der Waals surface area contributed by atoms with E-state index in [0.717, 1.165) is 38.9 Å². The van der Waals surface area contributed by atoms with Gasteiger partial charge in [-0.3, -0.25) is 0 Å². The van der Waals surface area contributed by atoms with Gasteiger partial charge in [-0.05, 0) is 31.4 Å². The lowest BCUT2D eigenvalue weighted by atomic mass is 10.1. The Balaban J connectivity index is 2.13. The molecule has 0 aromatic carbocycles. The molecule has 0 unspecified atom stereocenters. The Morgan fingerprint density at radius 2 is 2.00 bits per heavy atom. The number of pyridine rings is 1. The van der Waals surface area contributed by atoms with E-state index in [1.807, 2.05) is 0 Å². The van der Waals surface area contributed by atoms with Gasteiger partial charge in [-0.1, -0.05) is 0 Å². The maximum absolute atomic E-state index is 11.8. The largest absolute Gasteiger partial charge is 0.452 e. The van der Waals surface area contributed by atoms with Crippen LogP contribution < -0.4 is 9.62 Å². The number of methoxy groups -OCH3 is 1. The van der Waals surface area contributed by atoms with Crippen molar-refractivity contribution in [2.75, 3.05) is 25.1 Å². The van der Waals surface area contributed by atoms with Crippen molar-refractivity contribution in [1.82, 2.24) is 9.71 Å². The predicted octanol–water partition coefficient (Wildman–Crippen LogP) is 1.12. The third kappa shape index (κ3) is 3.38. The summed E-state index contributed by atoms with van der Waals surface area (Å²) in [4.78, 5) is 17.2. The van der Waals surface area contributed by atoms with Crippen LogP contribution in [0.1, 0.15) is 19.3 Å². The molecule has 1 fully saturated rings. The molecule has 20 heavy (non-hydrogen) atoms. The number of hydrogen-bond acceptors (Lipinski definition) is 6. The maximum atomic E-state index is 11.8. The van der Waals surface area contributed by atoms with Crippen molar-refractivity contribution in [1.29, 1.82) is 0 Å². The summed E-state index contributed by atoms with van der Waals surface area (Å²) in [5.74, 6) is 0.752. The van der Waals surface area contributed by atoms with Crippen LogP contribution in [0.15, 0.2) is 23.2 Å². The Labute approximate surface area is 118 Å². The van der Waals surface area contributed by atoms with Crippen molar-refractivity contribution in [3.05, 3.63) is 18.3 Å². The van der Waals surface area contributed by atoms with Crippen molar-refractivity contribution in [3.63, 3.8) is 0 Å². The fraction of sp³-hybridized carbons (Fsp3) is 0.500. The number of rotatable bonds is 3. The number of amides is 1. The lowest BCUT2D eigenvalue weighted by molar-refractivity contribution is 0.177. The molecule has 7 nitrogen and oxygen atoms in total. The number of carbonyl (C=O) groups is 1. The van der Waals surface area contributed by atoms with Gasteiger partial charge < -0.3 is 9.64 Å².